The molecule has 1 saturated carbocycles. The molecule has 1 atom stereocenters. The van der Waals surface area contributed by atoms with E-state index in [2.05, 4.69) is 4.98 Å². The van der Waals surface area contributed by atoms with E-state index in [1.165, 1.54) is 6.08 Å². The predicted molar refractivity (Wildman–Crippen MR) is 101 cm³/mol. The molecular formula is C21H17FN2O3. The minimum absolute atomic E-state index is 0.0526. The molecule has 1 unspecified atom stereocenters. The lowest BCUT2D eigenvalue weighted by molar-refractivity contribution is -0.385. The fourth-order valence-electron chi connectivity index (χ4n) is 3.97. The molecule has 0 aliphatic heterocycles. The highest BCUT2D eigenvalue weighted by Crippen LogP contribution is 2.43. The molecule has 27 heavy (non-hydrogen) atoms. The van der Waals surface area contributed by atoms with Gasteiger partial charge in [-0.1, -0.05) is 18.2 Å². The molecule has 0 radical (unpaired) electrons. The average Bonchev–Trinajstić information content (AvgIpc) is 3.14. The van der Waals surface area contributed by atoms with Crippen LogP contribution < -0.4 is 0 Å². The third kappa shape index (κ3) is 2.93. The second kappa shape index (κ2) is 6.46. The first-order valence-corrected chi connectivity index (χ1v) is 8.71. The maximum absolute atomic E-state index is 13.7. The van der Waals surface area contributed by atoms with E-state index in [9.17, 15) is 19.3 Å². The van der Waals surface area contributed by atoms with Crippen LogP contribution in [0.3, 0.4) is 0 Å². The van der Waals surface area contributed by atoms with Crippen LogP contribution in [0.15, 0.2) is 48.0 Å². The quantitative estimate of drug-likeness (QED) is 0.401. The zero-order valence-corrected chi connectivity index (χ0v) is 14.7. The van der Waals surface area contributed by atoms with Gasteiger partial charge in [0.15, 0.2) is 5.78 Å². The molecule has 4 rings (SSSR count). The van der Waals surface area contributed by atoms with Gasteiger partial charge in [0.1, 0.15) is 5.82 Å². The molecule has 0 amide bonds. The lowest BCUT2D eigenvalue weighted by Gasteiger charge is -2.12. The lowest BCUT2D eigenvalue weighted by atomic mass is 9.90. The number of fused-ring (bicyclic) bond motifs is 1. The van der Waals surface area contributed by atoms with Crippen LogP contribution in [-0.2, 0) is 4.79 Å². The van der Waals surface area contributed by atoms with Crippen molar-refractivity contribution < 1.29 is 14.1 Å². The number of nitro benzene ring substituents is 1. The molecule has 0 bridgehead atoms. The first-order valence-electron chi connectivity index (χ1n) is 8.71. The molecule has 1 heterocycles. The molecule has 1 fully saturated rings. The predicted octanol–water partition coefficient (Wildman–Crippen LogP) is 5.05. The van der Waals surface area contributed by atoms with E-state index in [1.807, 2.05) is 31.2 Å². The zero-order valence-electron chi connectivity index (χ0n) is 14.7. The number of para-hydroxylation sites is 1. The molecule has 2 aromatic carbocycles. The third-order valence-electron chi connectivity index (χ3n) is 5.15. The standard InChI is InChI=1S/C21H17FN2O3/c1-12-21(16-4-2-3-5-18(16)23-12)15-7-9-20(25)17(15)11-13-10-14(22)6-8-19(13)24(26)27/h2-6,8,10-11,15,23H,7,9H2,1H3/b17-11+. The lowest BCUT2D eigenvalue weighted by Crippen LogP contribution is -2.02. The van der Waals surface area contributed by atoms with Crippen LogP contribution in [0.1, 0.15) is 35.6 Å². The van der Waals surface area contributed by atoms with E-state index in [0.717, 1.165) is 40.4 Å². The van der Waals surface area contributed by atoms with Crippen molar-refractivity contribution in [1.82, 2.24) is 4.98 Å². The van der Waals surface area contributed by atoms with Crippen molar-refractivity contribution >= 4 is 28.4 Å². The van der Waals surface area contributed by atoms with Crippen LogP contribution in [0.4, 0.5) is 10.1 Å². The van der Waals surface area contributed by atoms with E-state index >= 15 is 0 Å². The molecule has 1 aromatic heterocycles. The fourth-order valence-corrected chi connectivity index (χ4v) is 3.97. The van der Waals surface area contributed by atoms with E-state index in [0.29, 0.717) is 18.4 Å². The van der Waals surface area contributed by atoms with Crippen LogP contribution in [0, 0.1) is 22.9 Å². The van der Waals surface area contributed by atoms with Gasteiger partial charge in [0, 0.05) is 40.6 Å². The van der Waals surface area contributed by atoms with Gasteiger partial charge in [0.05, 0.1) is 10.5 Å². The molecule has 1 N–H and O–H groups in total. The minimum atomic E-state index is -0.572. The largest absolute Gasteiger partial charge is 0.358 e. The number of rotatable bonds is 3. The normalized spacial score (nSPS) is 18.5. The number of aromatic nitrogens is 1. The van der Waals surface area contributed by atoms with Gasteiger partial charge < -0.3 is 4.98 Å². The number of nitro groups is 1. The van der Waals surface area contributed by atoms with Gasteiger partial charge in [0.25, 0.3) is 5.69 Å². The van der Waals surface area contributed by atoms with E-state index in [1.54, 1.807) is 0 Å². The number of aryl methyl sites for hydroxylation is 1. The number of H-pyrrole nitrogens is 1. The highest BCUT2D eigenvalue weighted by molar-refractivity contribution is 6.05. The van der Waals surface area contributed by atoms with Crippen LogP contribution in [0.25, 0.3) is 17.0 Å². The Morgan fingerprint density at radius 1 is 1.26 bits per heavy atom. The Kier molecular flexibility index (Phi) is 4.11. The van der Waals surface area contributed by atoms with Crippen molar-refractivity contribution in [2.45, 2.75) is 25.7 Å². The molecule has 6 heteroatoms. The number of benzene rings is 2. The molecule has 3 aromatic rings. The van der Waals surface area contributed by atoms with Crippen molar-refractivity contribution in [2.75, 3.05) is 0 Å². The Hall–Kier alpha value is -3.28. The molecule has 1 aliphatic rings. The summed E-state index contributed by atoms with van der Waals surface area (Å²) in [5, 5.41) is 12.3. The summed E-state index contributed by atoms with van der Waals surface area (Å²) >= 11 is 0. The van der Waals surface area contributed by atoms with E-state index in [-0.39, 0.29) is 23.0 Å². The van der Waals surface area contributed by atoms with Crippen molar-refractivity contribution in [2.24, 2.45) is 0 Å². The second-order valence-corrected chi connectivity index (χ2v) is 6.78. The number of hydrogen-bond donors (Lipinski definition) is 1. The van der Waals surface area contributed by atoms with Gasteiger partial charge in [0.2, 0.25) is 0 Å². The summed E-state index contributed by atoms with van der Waals surface area (Å²) in [6, 6.07) is 11.1. The van der Waals surface area contributed by atoms with Gasteiger partial charge in [-0.2, -0.15) is 0 Å². The summed E-state index contributed by atoms with van der Waals surface area (Å²) in [7, 11) is 0. The Bertz CT molecular complexity index is 1110. The van der Waals surface area contributed by atoms with Gasteiger partial charge in [-0.25, -0.2) is 4.39 Å². The average molecular weight is 364 g/mol. The first-order chi connectivity index (χ1) is 13.0. The van der Waals surface area contributed by atoms with Crippen molar-refractivity contribution in [3.8, 4) is 0 Å². The number of halogens is 1. The molecule has 0 saturated heterocycles. The summed E-state index contributed by atoms with van der Waals surface area (Å²) in [5.74, 6) is -0.794. The fraction of sp³-hybridized carbons (Fsp3) is 0.190. The monoisotopic (exact) mass is 364 g/mol. The van der Waals surface area contributed by atoms with Gasteiger partial charge in [-0.15, -0.1) is 0 Å². The summed E-state index contributed by atoms with van der Waals surface area (Å²) in [6.07, 6.45) is 2.50. The number of Topliss-reactive ketones (excluding diaryl/α,β-unsaturated/α-hetero) is 1. The second-order valence-electron chi connectivity index (χ2n) is 6.78. The molecular weight excluding hydrogens is 347 g/mol. The minimum Gasteiger partial charge on any atom is -0.358 e. The summed E-state index contributed by atoms with van der Waals surface area (Å²) < 4.78 is 13.7. The number of nitrogens with zero attached hydrogens (tertiary/aromatic N) is 1. The number of carbonyl (C=O) groups excluding carboxylic acids is 1. The molecule has 1 aliphatic carbocycles. The maximum Gasteiger partial charge on any atom is 0.276 e. The Morgan fingerprint density at radius 2 is 2.04 bits per heavy atom. The molecule has 0 spiro atoms. The van der Waals surface area contributed by atoms with Crippen LogP contribution in [0.5, 0.6) is 0 Å². The highest BCUT2D eigenvalue weighted by Gasteiger charge is 2.33. The number of allylic oxidation sites excluding steroid dienone is 1. The highest BCUT2D eigenvalue weighted by atomic mass is 19.1. The summed E-state index contributed by atoms with van der Waals surface area (Å²) in [5.41, 5.74) is 3.39. The van der Waals surface area contributed by atoms with Crippen molar-refractivity contribution in [3.63, 3.8) is 0 Å². The topological polar surface area (TPSA) is 76.0 Å². The maximum atomic E-state index is 13.7. The number of aromatic amines is 1. The third-order valence-corrected chi connectivity index (χ3v) is 5.15. The van der Waals surface area contributed by atoms with Gasteiger partial charge in [-0.05, 0) is 43.2 Å². The Morgan fingerprint density at radius 3 is 2.81 bits per heavy atom. The van der Waals surface area contributed by atoms with Crippen molar-refractivity contribution in [1.29, 1.82) is 0 Å². The number of nitrogens with one attached hydrogen (secondary N) is 1. The molecule has 136 valence electrons. The van der Waals surface area contributed by atoms with Crippen LogP contribution in [-0.4, -0.2) is 15.7 Å². The number of hydrogen-bond acceptors (Lipinski definition) is 3. The van der Waals surface area contributed by atoms with E-state index < -0.39 is 10.7 Å². The smallest absolute Gasteiger partial charge is 0.276 e. The van der Waals surface area contributed by atoms with E-state index in [4.69, 9.17) is 0 Å². The van der Waals surface area contributed by atoms with Gasteiger partial charge >= 0.3 is 0 Å². The first kappa shape index (κ1) is 17.1. The SMILES string of the molecule is Cc1[nH]c2ccccc2c1C1CCC(=O)/C1=C/c1cc(F)ccc1[N+](=O)[O-]. The number of ketones is 1. The Labute approximate surface area is 154 Å². The van der Waals surface area contributed by atoms with Crippen molar-refractivity contribution in [3.05, 3.63) is 80.8 Å². The molecule has 5 nitrogen and oxygen atoms in total. The van der Waals surface area contributed by atoms with Crippen LogP contribution >= 0.6 is 0 Å². The van der Waals surface area contributed by atoms with Gasteiger partial charge in [-0.3, -0.25) is 14.9 Å². The van der Waals surface area contributed by atoms with Crippen LogP contribution in [0.2, 0.25) is 0 Å². The zero-order chi connectivity index (χ0) is 19.1. The summed E-state index contributed by atoms with van der Waals surface area (Å²) in [6.45, 7) is 1.96. The number of carbonyl (C=O) groups is 1. The Balaban J connectivity index is 1.88. The summed E-state index contributed by atoms with van der Waals surface area (Å²) in [4.78, 5) is 26.6.